The number of amides is 1. The van der Waals surface area contributed by atoms with Crippen LogP contribution in [0.15, 0.2) is 22.7 Å². The maximum Gasteiger partial charge on any atom is 0.270 e. The zero-order valence-corrected chi connectivity index (χ0v) is 13.7. The van der Waals surface area contributed by atoms with Crippen molar-refractivity contribution in [1.29, 1.82) is 0 Å². The average molecular weight is 343 g/mol. The van der Waals surface area contributed by atoms with Crippen molar-refractivity contribution in [2.45, 2.75) is 33.7 Å². The Morgan fingerprint density at radius 3 is 2.40 bits per heavy atom. The minimum atomic E-state index is -0.495. The third kappa shape index (κ3) is 4.03. The van der Waals surface area contributed by atoms with Gasteiger partial charge in [0.25, 0.3) is 11.6 Å². The lowest BCUT2D eigenvalue weighted by molar-refractivity contribution is -0.384. The topological polar surface area (TPSA) is 63.5 Å². The Morgan fingerprint density at radius 2 is 1.95 bits per heavy atom. The van der Waals surface area contributed by atoms with E-state index >= 15 is 0 Å². The van der Waals surface area contributed by atoms with Crippen molar-refractivity contribution >= 4 is 27.5 Å². The van der Waals surface area contributed by atoms with Crippen molar-refractivity contribution in [3.63, 3.8) is 0 Å². The molecular formula is C14H19BrN2O3. The molecule has 0 aliphatic rings. The Morgan fingerprint density at radius 1 is 1.35 bits per heavy atom. The molecule has 1 aromatic carbocycles. The molecule has 1 aromatic rings. The highest BCUT2D eigenvalue weighted by Gasteiger charge is 2.23. The zero-order valence-electron chi connectivity index (χ0n) is 12.1. The van der Waals surface area contributed by atoms with Crippen molar-refractivity contribution < 1.29 is 9.72 Å². The predicted molar refractivity (Wildman–Crippen MR) is 81.8 cm³/mol. The van der Waals surface area contributed by atoms with Gasteiger partial charge in [-0.3, -0.25) is 14.9 Å². The quantitative estimate of drug-likeness (QED) is 0.602. The molecule has 5 nitrogen and oxygen atoms in total. The largest absolute Gasteiger partial charge is 0.336 e. The van der Waals surface area contributed by atoms with Crippen molar-refractivity contribution in [2.24, 2.45) is 5.92 Å². The van der Waals surface area contributed by atoms with Gasteiger partial charge in [-0.2, -0.15) is 0 Å². The van der Waals surface area contributed by atoms with Gasteiger partial charge >= 0.3 is 0 Å². The molecule has 0 atom stereocenters. The van der Waals surface area contributed by atoms with Crippen LogP contribution in [-0.4, -0.2) is 28.3 Å². The average Bonchev–Trinajstić information content (AvgIpc) is 2.34. The number of nitro groups is 1. The summed E-state index contributed by atoms with van der Waals surface area (Å²) in [6.07, 6.45) is 0. The summed E-state index contributed by atoms with van der Waals surface area (Å²) in [7, 11) is 0. The minimum Gasteiger partial charge on any atom is -0.336 e. The number of nitrogens with zero attached hydrogens (tertiary/aromatic N) is 2. The van der Waals surface area contributed by atoms with E-state index in [1.807, 2.05) is 27.7 Å². The fraction of sp³-hybridized carbons (Fsp3) is 0.500. The van der Waals surface area contributed by atoms with Gasteiger partial charge < -0.3 is 4.90 Å². The van der Waals surface area contributed by atoms with Gasteiger partial charge in [-0.1, -0.05) is 13.8 Å². The van der Waals surface area contributed by atoms with Crippen molar-refractivity contribution in [2.75, 3.05) is 6.54 Å². The summed E-state index contributed by atoms with van der Waals surface area (Å²) in [5.41, 5.74) is 0.248. The third-order valence-electron chi connectivity index (χ3n) is 2.84. The Bertz CT molecular complexity index is 515. The first-order valence-electron chi connectivity index (χ1n) is 6.49. The van der Waals surface area contributed by atoms with Crippen LogP contribution >= 0.6 is 15.9 Å². The molecule has 110 valence electrons. The second kappa shape index (κ2) is 6.83. The lowest BCUT2D eigenvalue weighted by atomic mass is 10.1. The molecule has 0 radical (unpaired) electrons. The number of nitro benzene ring substituents is 1. The van der Waals surface area contributed by atoms with E-state index in [0.717, 1.165) is 0 Å². The standard InChI is InChI=1S/C14H19BrN2O3/c1-9(2)8-16(10(3)4)14(18)12-7-11(17(19)20)5-6-13(12)15/h5-7,9-10H,8H2,1-4H3. The molecule has 0 aromatic heterocycles. The van der Waals surface area contributed by atoms with Crippen LogP contribution in [0.2, 0.25) is 0 Å². The smallest absolute Gasteiger partial charge is 0.270 e. The summed E-state index contributed by atoms with van der Waals surface area (Å²) < 4.78 is 0.572. The summed E-state index contributed by atoms with van der Waals surface area (Å²) in [4.78, 5) is 24.7. The first kappa shape index (κ1) is 16.6. The molecule has 0 fully saturated rings. The molecule has 0 bridgehead atoms. The van der Waals surface area contributed by atoms with E-state index in [0.29, 0.717) is 22.5 Å². The zero-order chi connectivity index (χ0) is 15.4. The number of carbonyl (C=O) groups is 1. The van der Waals surface area contributed by atoms with Crippen molar-refractivity contribution in [3.8, 4) is 0 Å². The maximum absolute atomic E-state index is 12.6. The Hall–Kier alpha value is -1.43. The number of non-ortho nitro benzene ring substituents is 1. The first-order chi connectivity index (χ1) is 9.23. The fourth-order valence-electron chi connectivity index (χ4n) is 1.87. The second-order valence-electron chi connectivity index (χ2n) is 5.37. The Labute approximate surface area is 127 Å². The van der Waals surface area contributed by atoms with Gasteiger partial charge in [0.1, 0.15) is 0 Å². The van der Waals surface area contributed by atoms with Gasteiger partial charge in [-0.15, -0.1) is 0 Å². The van der Waals surface area contributed by atoms with Crippen LogP contribution in [0.1, 0.15) is 38.1 Å². The molecule has 0 spiro atoms. The van der Waals surface area contributed by atoms with Crippen LogP contribution in [0, 0.1) is 16.0 Å². The highest BCUT2D eigenvalue weighted by atomic mass is 79.9. The number of hydrogen-bond acceptors (Lipinski definition) is 3. The van der Waals surface area contributed by atoms with Gasteiger partial charge in [-0.25, -0.2) is 0 Å². The van der Waals surface area contributed by atoms with E-state index < -0.39 is 4.92 Å². The second-order valence-corrected chi connectivity index (χ2v) is 6.22. The molecule has 1 rings (SSSR count). The van der Waals surface area contributed by atoms with Crippen molar-refractivity contribution in [3.05, 3.63) is 38.3 Å². The van der Waals surface area contributed by atoms with E-state index in [1.165, 1.54) is 12.1 Å². The summed E-state index contributed by atoms with van der Waals surface area (Å²) in [6, 6.07) is 4.28. The molecule has 0 N–H and O–H groups in total. The van der Waals surface area contributed by atoms with E-state index in [9.17, 15) is 14.9 Å². The number of carbonyl (C=O) groups excluding carboxylic acids is 1. The number of benzene rings is 1. The van der Waals surface area contributed by atoms with E-state index in [4.69, 9.17) is 0 Å². The Balaban J connectivity index is 3.17. The predicted octanol–water partition coefficient (Wildman–Crippen LogP) is 3.86. The van der Waals surface area contributed by atoms with Crippen LogP contribution < -0.4 is 0 Å². The number of hydrogen-bond donors (Lipinski definition) is 0. The molecule has 0 aliphatic carbocycles. The van der Waals surface area contributed by atoms with Gasteiger partial charge in [0.15, 0.2) is 0 Å². The van der Waals surface area contributed by atoms with Crippen LogP contribution in [0.5, 0.6) is 0 Å². The molecule has 0 aliphatic heterocycles. The summed E-state index contributed by atoms with van der Waals surface area (Å²) in [5.74, 6) is 0.142. The molecule has 6 heteroatoms. The van der Waals surface area contributed by atoms with E-state index in [-0.39, 0.29) is 17.6 Å². The maximum atomic E-state index is 12.6. The number of halogens is 1. The molecule has 20 heavy (non-hydrogen) atoms. The number of rotatable bonds is 5. The molecule has 0 saturated heterocycles. The fourth-order valence-corrected chi connectivity index (χ4v) is 2.28. The monoisotopic (exact) mass is 342 g/mol. The van der Waals surface area contributed by atoms with E-state index in [1.54, 1.807) is 11.0 Å². The summed E-state index contributed by atoms with van der Waals surface area (Å²) in [5, 5.41) is 10.8. The third-order valence-corrected chi connectivity index (χ3v) is 3.53. The van der Waals surface area contributed by atoms with Crippen LogP contribution in [0.3, 0.4) is 0 Å². The normalized spacial score (nSPS) is 10.9. The molecule has 0 saturated carbocycles. The SMILES string of the molecule is CC(C)CN(C(=O)c1cc([N+](=O)[O-])ccc1Br)C(C)C. The highest BCUT2D eigenvalue weighted by molar-refractivity contribution is 9.10. The van der Waals surface area contributed by atoms with Crippen molar-refractivity contribution in [1.82, 2.24) is 4.90 Å². The molecular weight excluding hydrogens is 324 g/mol. The van der Waals surface area contributed by atoms with Crippen LogP contribution in [0.25, 0.3) is 0 Å². The summed E-state index contributed by atoms with van der Waals surface area (Å²) in [6.45, 7) is 8.55. The van der Waals surface area contributed by atoms with Gasteiger partial charge in [0.05, 0.1) is 10.5 Å². The van der Waals surface area contributed by atoms with E-state index in [2.05, 4.69) is 15.9 Å². The van der Waals surface area contributed by atoms with Crippen LogP contribution in [-0.2, 0) is 0 Å². The Kier molecular flexibility index (Phi) is 5.68. The highest BCUT2D eigenvalue weighted by Crippen LogP contribution is 2.25. The first-order valence-corrected chi connectivity index (χ1v) is 7.28. The van der Waals surface area contributed by atoms with Gasteiger partial charge in [0.2, 0.25) is 0 Å². The van der Waals surface area contributed by atoms with Gasteiger partial charge in [0, 0.05) is 29.2 Å². The molecule has 0 heterocycles. The minimum absolute atomic E-state index is 0.0380. The lowest BCUT2D eigenvalue weighted by Crippen LogP contribution is -2.39. The molecule has 1 amide bonds. The van der Waals surface area contributed by atoms with Crippen LogP contribution in [0.4, 0.5) is 5.69 Å². The molecule has 0 unspecified atom stereocenters. The summed E-state index contributed by atoms with van der Waals surface area (Å²) >= 11 is 3.29. The lowest BCUT2D eigenvalue weighted by Gasteiger charge is -2.28. The van der Waals surface area contributed by atoms with Gasteiger partial charge in [-0.05, 0) is 41.8 Å².